The molecule has 0 atom stereocenters. The Bertz CT molecular complexity index is 81.0. The van der Waals surface area contributed by atoms with Gasteiger partial charge in [-0.3, -0.25) is 0 Å². The van der Waals surface area contributed by atoms with Gasteiger partial charge >= 0.3 is 23.1 Å². The van der Waals surface area contributed by atoms with E-state index in [0.717, 1.165) is 0 Å². The predicted molar refractivity (Wildman–Crippen MR) is 31.9 cm³/mol. The molecule has 0 nitrogen and oxygen atoms in total. The van der Waals surface area contributed by atoms with Crippen molar-refractivity contribution < 1.29 is 17.0 Å². The van der Waals surface area contributed by atoms with Crippen LogP contribution in [0.3, 0.4) is 0 Å². The Morgan fingerprint density at radius 1 is 1.38 bits per heavy atom. The van der Waals surface area contributed by atoms with E-state index in [1.165, 1.54) is 19.3 Å². The Morgan fingerprint density at radius 2 is 1.88 bits per heavy atom. The van der Waals surface area contributed by atoms with Gasteiger partial charge in [0.05, 0.1) is 0 Å². The Kier molecular flexibility index (Phi) is 8.59. The van der Waals surface area contributed by atoms with Crippen LogP contribution in [0.1, 0.15) is 19.3 Å². The maximum atomic E-state index is 5.08. The molecule has 0 aromatic rings. The molecule has 2 heteroatoms. The Labute approximate surface area is 77.3 Å². The zero-order chi connectivity index (χ0) is 4.41. The van der Waals surface area contributed by atoms with E-state index < -0.39 is 0 Å². The topological polar surface area (TPSA) is 0 Å². The largest absolute Gasteiger partial charge is 2.00 e. The average Bonchev–Trinajstić information content (AvgIpc) is 1.31. The number of hydrogen-bond donors (Lipinski definition) is 0. The smallest absolute Gasteiger partial charge is 1.00 e. The van der Waals surface area contributed by atoms with Crippen molar-refractivity contribution in [1.82, 2.24) is 0 Å². The molecular formula is C6H8BrMg+. The first kappa shape index (κ1) is 11.6. The predicted octanol–water partition coefficient (Wildman–Crippen LogP) is -1.96. The minimum atomic E-state index is 0. The van der Waals surface area contributed by atoms with Crippen LogP contribution in [0.15, 0.2) is 0 Å². The molecule has 0 N–H and O–H groups in total. The Balaban J connectivity index is 0. The first-order valence-corrected chi connectivity index (χ1v) is 2.39. The first-order chi connectivity index (χ1) is 2.93. The van der Waals surface area contributed by atoms with Gasteiger partial charge < -0.3 is 17.0 Å². The SMILES string of the molecule is C#CC1CCC1.[Br-].[Mg+2]. The minimum Gasteiger partial charge on any atom is -1.00 e. The van der Waals surface area contributed by atoms with Gasteiger partial charge in [0.2, 0.25) is 0 Å². The maximum Gasteiger partial charge on any atom is 2.00 e. The van der Waals surface area contributed by atoms with Gasteiger partial charge in [-0.1, -0.05) is 6.42 Å². The summed E-state index contributed by atoms with van der Waals surface area (Å²) in [6.45, 7) is 0. The molecule has 1 fully saturated rings. The fourth-order valence-corrected chi connectivity index (χ4v) is 0.575. The molecule has 0 saturated heterocycles. The molecule has 0 aromatic heterocycles. The van der Waals surface area contributed by atoms with Crippen molar-refractivity contribution in [2.45, 2.75) is 19.3 Å². The molecule has 0 radical (unpaired) electrons. The number of hydrogen-bond acceptors (Lipinski definition) is 0. The van der Waals surface area contributed by atoms with Crippen LogP contribution in [0.25, 0.3) is 0 Å². The molecule has 0 heterocycles. The Morgan fingerprint density at radius 3 is 1.88 bits per heavy atom. The van der Waals surface area contributed by atoms with Crippen LogP contribution in [-0.4, -0.2) is 23.1 Å². The summed E-state index contributed by atoms with van der Waals surface area (Å²) in [5, 5.41) is 0. The van der Waals surface area contributed by atoms with E-state index in [1.54, 1.807) is 0 Å². The van der Waals surface area contributed by atoms with Crippen LogP contribution in [0.2, 0.25) is 0 Å². The van der Waals surface area contributed by atoms with E-state index >= 15 is 0 Å². The molecule has 0 spiro atoms. The number of terminal acetylenes is 1. The molecule has 0 amide bonds. The third kappa shape index (κ3) is 2.96. The average molecular weight is 184 g/mol. The van der Waals surface area contributed by atoms with E-state index in [4.69, 9.17) is 6.42 Å². The van der Waals surface area contributed by atoms with Crippen LogP contribution in [0.4, 0.5) is 0 Å². The quantitative estimate of drug-likeness (QED) is 0.303. The van der Waals surface area contributed by atoms with Gasteiger partial charge in [-0.05, 0) is 12.8 Å². The van der Waals surface area contributed by atoms with Crippen molar-refractivity contribution in [2.75, 3.05) is 0 Å². The second-order valence-corrected chi connectivity index (χ2v) is 1.79. The molecule has 0 bridgehead atoms. The van der Waals surface area contributed by atoms with Crippen LogP contribution in [0.5, 0.6) is 0 Å². The summed E-state index contributed by atoms with van der Waals surface area (Å²) in [6.07, 6.45) is 8.99. The van der Waals surface area contributed by atoms with Gasteiger partial charge in [-0.15, -0.1) is 12.3 Å². The molecule has 1 aliphatic carbocycles. The van der Waals surface area contributed by atoms with Crippen LogP contribution < -0.4 is 17.0 Å². The molecule has 8 heavy (non-hydrogen) atoms. The summed E-state index contributed by atoms with van der Waals surface area (Å²) < 4.78 is 0. The van der Waals surface area contributed by atoms with Crippen molar-refractivity contribution in [3.63, 3.8) is 0 Å². The fraction of sp³-hybridized carbons (Fsp3) is 0.667. The van der Waals surface area contributed by atoms with Gasteiger partial charge in [0.25, 0.3) is 0 Å². The molecule has 1 saturated carbocycles. The van der Waals surface area contributed by atoms with Gasteiger partial charge in [0, 0.05) is 5.92 Å². The van der Waals surface area contributed by atoms with Crippen LogP contribution >= 0.6 is 0 Å². The molecular weight excluding hydrogens is 176 g/mol. The minimum absolute atomic E-state index is 0. The second kappa shape index (κ2) is 5.93. The summed E-state index contributed by atoms with van der Waals surface area (Å²) in [5.41, 5.74) is 0. The number of rotatable bonds is 0. The van der Waals surface area contributed by atoms with Crippen molar-refractivity contribution in [3.05, 3.63) is 0 Å². The summed E-state index contributed by atoms with van der Waals surface area (Å²) in [7, 11) is 0. The zero-order valence-corrected chi connectivity index (χ0v) is 7.86. The normalized spacial score (nSPS) is 16.4. The van der Waals surface area contributed by atoms with Crippen LogP contribution in [-0.2, 0) is 0 Å². The van der Waals surface area contributed by atoms with E-state index in [-0.39, 0.29) is 40.0 Å². The van der Waals surface area contributed by atoms with Gasteiger partial charge in [-0.2, -0.15) is 0 Å². The van der Waals surface area contributed by atoms with E-state index in [0.29, 0.717) is 5.92 Å². The van der Waals surface area contributed by atoms with Crippen LogP contribution in [0, 0.1) is 18.3 Å². The molecule has 0 aromatic carbocycles. The summed E-state index contributed by atoms with van der Waals surface area (Å²) in [4.78, 5) is 0. The van der Waals surface area contributed by atoms with Gasteiger partial charge in [0.15, 0.2) is 0 Å². The molecule has 0 aliphatic heterocycles. The number of halogens is 1. The Hall–Kier alpha value is 0.806. The molecule has 1 aliphatic rings. The second-order valence-electron chi connectivity index (χ2n) is 1.79. The van der Waals surface area contributed by atoms with Crippen molar-refractivity contribution in [1.29, 1.82) is 0 Å². The van der Waals surface area contributed by atoms with E-state index in [9.17, 15) is 0 Å². The molecule has 0 unspecified atom stereocenters. The van der Waals surface area contributed by atoms with E-state index in [2.05, 4.69) is 5.92 Å². The summed E-state index contributed by atoms with van der Waals surface area (Å²) in [6, 6.07) is 0. The van der Waals surface area contributed by atoms with Gasteiger partial charge in [0.1, 0.15) is 0 Å². The first-order valence-electron chi connectivity index (χ1n) is 2.39. The van der Waals surface area contributed by atoms with Gasteiger partial charge in [-0.25, -0.2) is 0 Å². The molecule has 1 rings (SSSR count). The third-order valence-electron chi connectivity index (χ3n) is 1.34. The van der Waals surface area contributed by atoms with Crippen molar-refractivity contribution in [2.24, 2.45) is 5.92 Å². The summed E-state index contributed by atoms with van der Waals surface area (Å²) >= 11 is 0. The monoisotopic (exact) mass is 183 g/mol. The maximum absolute atomic E-state index is 5.08. The van der Waals surface area contributed by atoms with E-state index in [1.807, 2.05) is 0 Å². The van der Waals surface area contributed by atoms with Crippen molar-refractivity contribution in [3.8, 4) is 12.3 Å². The standard InChI is InChI=1S/C6H8.BrH.Mg/c1-2-6-4-3-5-6;;/h1,6H,3-5H2;1H;/q;;+2/p-1. The summed E-state index contributed by atoms with van der Waals surface area (Å²) in [5.74, 6) is 3.34. The zero-order valence-electron chi connectivity index (χ0n) is 4.86. The van der Waals surface area contributed by atoms with Crippen molar-refractivity contribution >= 4 is 23.1 Å². The molecule has 40 valence electrons. The third-order valence-corrected chi connectivity index (χ3v) is 1.34. The fourth-order valence-electron chi connectivity index (χ4n) is 0.575.